The fraction of sp³-hybridized carbons (Fsp3) is 0.372. The zero-order valence-electron chi connectivity index (χ0n) is 38.5. The number of H-pyrrole nitrogens is 1. The van der Waals surface area contributed by atoms with E-state index < -0.39 is 71.3 Å². The highest BCUT2D eigenvalue weighted by atomic mass is 31.3. The molecule has 1 fully saturated rings. The van der Waals surface area contributed by atoms with E-state index in [-0.39, 0.29) is 36.8 Å². The van der Waals surface area contributed by atoms with Crippen LogP contribution in [0.25, 0.3) is 6.08 Å². The summed E-state index contributed by atoms with van der Waals surface area (Å²) in [5, 5.41) is 16.1. The van der Waals surface area contributed by atoms with E-state index in [4.69, 9.17) is 24.0 Å². The quantitative estimate of drug-likeness (QED) is 0.0357. The molecule has 1 saturated heterocycles. The maximum absolute atomic E-state index is 13.5. The zero-order valence-corrected chi connectivity index (χ0v) is 41.1. The largest absolute Gasteiger partial charge is 0.490 e. The van der Waals surface area contributed by atoms with Crippen molar-refractivity contribution in [3.63, 3.8) is 0 Å². The Balaban J connectivity index is 0.882. The number of aliphatic hydroxyl groups excluding tert-OH is 1. The number of carbonyl (C=O) groups is 3. The summed E-state index contributed by atoms with van der Waals surface area (Å²) in [6, 6.07) is 16.2. The first-order valence-corrected chi connectivity index (χ1v) is 26.3. The Morgan fingerprint density at radius 2 is 1.52 bits per heavy atom. The Kier molecular flexibility index (Phi) is 15.8. The van der Waals surface area contributed by atoms with Crippen molar-refractivity contribution in [1.29, 1.82) is 0 Å². The third kappa shape index (κ3) is 12.3. The predicted molar refractivity (Wildman–Crippen MR) is 252 cm³/mol. The number of aliphatic hydroxyl groups is 1. The van der Waals surface area contributed by atoms with Gasteiger partial charge in [-0.05, 0) is 55.3 Å². The molecule has 4 aromatic rings. The molecule has 0 saturated carbocycles. The molecule has 2 unspecified atom stereocenters. The number of rotatable bonds is 20. The van der Waals surface area contributed by atoms with Crippen LogP contribution in [0.5, 0.6) is 11.5 Å². The number of aromatic amines is 1. The van der Waals surface area contributed by atoms with Crippen molar-refractivity contribution in [2.24, 2.45) is 0 Å². The summed E-state index contributed by atoms with van der Waals surface area (Å²) in [5.41, 5.74) is 1.02. The number of carbonyl (C=O) groups excluding carboxylic acids is 3. The summed E-state index contributed by atoms with van der Waals surface area (Å²) in [6.45, 7) is -0.655. The molecule has 7 rings (SSSR count). The third-order valence-electron chi connectivity index (χ3n) is 11.5. The van der Waals surface area contributed by atoms with E-state index in [2.05, 4.69) is 28.8 Å². The van der Waals surface area contributed by atoms with Crippen LogP contribution in [0.3, 0.4) is 0 Å². The molecule has 4 heterocycles. The number of fused-ring (bicyclic) bond motifs is 6. The minimum absolute atomic E-state index is 0.00586. The van der Waals surface area contributed by atoms with Crippen molar-refractivity contribution in [3.05, 3.63) is 121 Å². The van der Waals surface area contributed by atoms with E-state index in [1.54, 1.807) is 18.2 Å². The molecular formula is C43H51N6O19P3. The minimum Gasteiger partial charge on any atom is -0.456 e. The molecular weight excluding hydrogens is 997 g/mol. The molecule has 382 valence electrons. The zero-order chi connectivity index (χ0) is 51.6. The number of nitrogens with zero attached hydrogens (tertiary/aromatic N) is 3. The Hall–Kier alpha value is -5.78. The third-order valence-corrected chi connectivity index (χ3v) is 15.3. The molecule has 3 aliphatic rings. The number of ether oxygens (including phenoxy) is 3. The summed E-state index contributed by atoms with van der Waals surface area (Å²) in [5.74, 6) is -0.144. The first-order chi connectivity index (χ1) is 33.4. The van der Waals surface area contributed by atoms with Gasteiger partial charge in [0.1, 0.15) is 23.8 Å². The van der Waals surface area contributed by atoms with E-state index in [1.807, 2.05) is 74.4 Å². The van der Waals surface area contributed by atoms with Gasteiger partial charge in [0.25, 0.3) is 11.5 Å². The van der Waals surface area contributed by atoms with Crippen molar-refractivity contribution in [2.75, 3.05) is 57.7 Å². The van der Waals surface area contributed by atoms with Crippen molar-refractivity contribution < 1.29 is 80.1 Å². The van der Waals surface area contributed by atoms with Gasteiger partial charge in [0.15, 0.2) is 5.60 Å². The maximum atomic E-state index is 13.5. The van der Waals surface area contributed by atoms with Gasteiger partial charge in [0.05, 0.1) is 23.8 Å². The Morgan fingerprint density at radius 1 is 0.859 bits per heavy atom. The van der Waals surface area contributed by atoms with Gasteiger partial charge in [-0.1, -0.05) is 18.6 Å². The first kappa shape index (κ1) is 53.0. The maximum Gasteiger partial charge on any atom is 0.490 e. The number of esters is 1. The van der Waals surface area contributed by atoms with Crippen LogP contribution in [0.1, 0.15) is 81.3 Å². The molecule has 28 heteroatoms. The van der Waals surface area contributed by atoms with E-state index in [9.17, 15) is 52.6 Å². The average Bonchev–Trinajstić information content (AvgIpc) is 3.79. The molecule has 0 bridgehead atoms. The monoisotopic (exact) mass is 1050 g/mol. The van der Waals surface area contributed by atoms with Crippen LogP contribution in [0.4, 0.5) is 11.4 Å². The number of hydrogen-bond acceptors (Lipinski definition) is 17. The van der Waals surface area contributed by atoms with E-state index in [0.717, 1.165) is 22.1 Å². The van der Waals surface area contributed by atoms with Crippen molar-refractivity contribution in [3.8, 4) is 11.5 Å². The van der Waals surface area contributed by atoms with Gasteiger partial charge in [-0.25, -0.2) is 23.3 Å². The Labute approximate surface area is 404 Å². The van der Waals surface area contributed by atoms with Crippen LogP contribution in [-0.2, 0) is 46.7 Å². The molecule has 25 nitrogen and oxygen atoms in total. The second-order valence-corrected chi connectivity index (χ2v) is 21.3. The van der Waals surface area contributed by atoms with Crippen LogP contribution in [0, 0.1) is 0 Å². The van der Waals surface area contributed by atoms with Crippen molar-refractivity contribution in [2.45, 2.75) is 56.1 Å². The number of benzene rings is 3. The molecule has 0 radical (unpaired) electrons. The predicted octanol–water partition coefficient (Wildman–Crippen LogP) is 3.35. The fourth-order valence-corrected chi connectivity index (χ4v) is 11.1. The summed E-state index contributed by atoms with van der Waals surface area (Å²) >= 11 is 0. The van der Waals surface area contributed by atoms with Gasteiger partial charge >= 0.3 is 35.1 Å². The molecule has 5 atom stereocenters. The molecule has 71 heavy (non-hydrogen) atoms. The number of aromatic nitrogens is 2. The first-order valence-electron chi connectivity index (χ1n) is 21.7. The second kappa shape index (κ2) is 21.1. The standard InChI is InChI=1S/C43H51N6O19P3/c1-47(2)27-12-15-30-34(20-27)64-35-21-28(48(3)4)13-16-31(35)43(30)32-19-25(11-14-29(32)41(54)66-43)39(52)45-17-7-5-6-10-37(51)44-18-8-9-26-23-49(42(55)46-40(26)53)38-22-33(50)36(65-38)24-63-70(59,60)68-71(61,62)67-69(56,57)58/h8-9,11-16,19-21,23,33,36,38,50H,5-7,10,17-18,22,24H2,1-4H3,(H,44,51)(H,45,52)(H,59,60)(H,61,62)(H,46,53,55)(H2,56,57,58)/b9-8+/t33-,36+,38+/m0/s1. The SMILES string of the molecule is CN(C)c1ccc2c(c1)Oc1cc(N(C)C)ccc1C21OC(=O)c2ccc(C(=O)NCCCCCC(=O)NC/C=C/c3cn([C@H]4C[C@H](O)[C@@H](COP(=O)(O)OP(=O)(O)OP(=O)(O)O)O4)c(=O)[nH]c3=O)cc21. The summed E-state index contributed by atoms with van der Waals surface area (Å²) in [7, 11) is -9.29. The lowest BCUT2D eigenvalue weighted by atomic mass is 9.77. The topological polar surface area (TPSA) is 344 Å². The number of amides is 2. The lowest BCUT2D eigenvalue weighted by Crippen LogP contribution is -2.33. The second-order valence-electron chi connectivity index (χ2n) is 16.9. The van der Waals surface area contributed by atoms with Gasteiger partial charge in [0.2, 0.25) is 5.91 Å². The highest BCUT2D eigenvalue weighted by Crippen LogP contribution is 2.66. The van der Waals surface area contributed by atoms with E-state index in [1.165, 1.54) is 12.2 Å². The normalized spacial score (nSPS) is 19.5. The van der Waals surface area contributed by atoms with Crippen molar-refractivity contribution in [1.82, 2.24) is 20.2 Å². The molecule has 8 N–H and O–H groups in total. The highest BCUT2D eigenvalue weighted by molar-refractivity contribution is 7.66. The minimum atomic E-state index is -5.79. The number of nitrogens with one attached hydrogen (secondary N) is 3. The van der Waals surface area contributed by atoms with Gasteiger partial charge in [-0.2, -0.15) is 8.62 Å². The number of unbranched alkanes of at least 4 members (excludes halogenated alkanes) is 2. The average molecular weight is 1050 g/mol. The van der Waals surface area contributed by atoms with Crippen LogP contribution >= 0.6 is 23.5 Å². The molecule has 3 aliphatic heterocycles. The number of hydrogen-bond donors (Lipinski definition) is 8. The van der Waals surface area contributed by atoms with E-state index >= 15 is 0 Å². The number of phosphoric acid groups is 3. The Bertz CT molecular complexity index is 2970. The van der Waals surface area contributed by atoms with Crippen LogP contribution in [0.15, 0.2) is 76.5 Å². The number of phosphoric ester groups is 1. The fourth-order valence-electron chi connectivity index (χ4n) is 8.08. The lowest BCUT2D eigenvalue weighted by Gasteiger charge is -2.37. The number of anilines is 2. The summed E-state index contributed by atoms with van der Waals surface area (Å²) in [4.78, 5) is 107. The smallest absolute Gasteiger partial charge is 0.456 e. The van der Waals surface area contributed by atoms with Crippen LogP contribution in [0.2, 0.25) is 0 Å². The summed E-state index contributed by atoms with van der Waals surface area (Å²) < 4.78 is 65.5. The molecule has 1 spiro atoms. The van der Waals surface area contributed by atoms with Crippen molar-refractivity contribution >= 4 is 58.7 Å². The molecule has 0 aliphatic carbocycles. The molecule has 2 amide bonds. The van der Waals surface area contributed by atoms with Gasteiger partial charge in [0, 0.05) is 106 Å². The van der Waals surface area contributed by atoms with Gasteiger partial charge in [-0.3, -0.25) is 28.5 Å². The highest BCUT2D eigenvalue weighted by Gasteiger charge is 2.54. The molecule has 1 aromatic heterocycles. The Morgan fingerprint density at radius 3 is 2.15 bits per heavy atom. The van der Waals surface area contributed by atoms with E-state index in [0.29, 0.717) is 65.1 Å². The summed E-state index contributed by atoms with van der Waals surface area (Å²) in [6.07, 6.45) is 1.29. The molecule has 3 aromatic carbocycles. The van der Waals surface area contributed by atoms with Gasteiger partial charge < -0.3 is 59.3 Å². The lowest BCUT2D eigenvalue weighted by molar-refractivity contribution is -0.121. The van der Waals surface area contributed by atoms with Crippen LogP contribution in [-0.4, -0.2) is 112 Å². The van der Waals surface area contributed by atoms with Crippen LogP contribution < -0.4 is 36.4 Å². The van der Waals surface area contributed by atoms with Gasteiger partial charge in [-0.15, -0.1) is 0 Å².